The van der Waals surface area contributed by atoms with E-state index in [0.29, 0.717) is 17.1 Å². The van der Waals surface area contributed by atoms with E-state index in [4.69, 9.17) is 22.7 Å². The Labute approximate surface area is 126 Å². The molecule has 0 bridgehead atoms. The highest BCUT2D eigenvalue weighted by molar-refractivity contribution is 7.80. The maximum Gasteiger partial charge on any atom is 0.0816 e. The van der Waals surface area contributed by atoms with Gasteiger partial charge in [-0.05, 0) is 24.8 Å². The largest absolute Gasteiger partial charge is 0.393 e. The van der Waals surface area contributed by atoms with Crippen molar-refractivity contribution in [1.82, 2.24) is 4.90 Å². The Morgan fingerprint density at radius 2 is 2.15 bits per heavy atom. The fourth-order valence-corrected chi connectivity index (χ4v) is 3.72. The molecule has 1 heterocycles. The summed E-state index contributed by atoms with van der Waals surface area (Å²) in [6.45, 7) is 2.75. The molecule has 0 aromatic heterocycles. The maximum absolute atomic E-state index is 6.00. The number of thiocarbonyl (C=S) groups is 1. The molecule has 1 aromatic carbocycles. The van der Waals surface area contributed by atoms with Crippen LogP contribution in [0.4, 0.5) is 0 Å². The number of benzene rings is 1. The van der Waals surface area contributed by atoms with Crippen LogP contribution in [0, 0.1) is 0 Å². The molecule has 3 unspecified atom stereocenters. The zero-order valence-corrected chi connectivity index (χ0v) is 12.5. The fourth-order valence-electron chi connectivity index (χ4n) is 3.51. The van der Waals surface area contributed by atoms with Gasteiger partial charge >= 0.3 is 0 Å². The summed E-state index contributed by atoms with van der Waals surface area (Å²) in [5.41, 5.74) is 7.22. The van der Waals surface area contributed by atoms with E-state index in [2.05, 4.69) is 29.2 Å². The SMILES string of the molecule is NC(=S)C(CN1CCOC2CCCC21)c1ccccc1. The van der Waals surface area contributed by atoms with E-state index in [0.717, 1.165) is 19.7 Å². The highest BCUT2D eigenvalue weighted by Gasteiger charge is 2.37. The van der Waals surface area contributed by atoms with Gasteiger partial charge in [-0.25, -0.2) is 0 Å². The third kappa shape index (κ3) is 2.87. The van der Waals surface area contributed by atoms with Crippen LogP contribution in [0.3, 0.4) is 0 Å². The monoisotopic (exact) mass is 290 g/mol. The number of nitrogens with two attached hydrogens (primary N) is 1. The molecule has 1 aromatic rings. The Balaban J connectivity index is 1.75. The van der Waals surface area contributed by atoms with Crippen LogP contribution in [0.5, 0.6) is 0 Å². The lowest BCUT2D eigenvalue weighted by atomic mass is 9.97. The average Bonchev–Trinajstić information content (AvgIpc) is 2.94. The number of morpholine rings is 1. The zero-order chi connectivity index (χ0) is 13.9. The van der Waals surface area contributed by atoms with Crippen molar-refractivity contribution >= 4 is 17.2 Å². The van der Waals surface area contributed by atoms with E-state index in [1.807, 2.05) is 6.07 Å². The van der Waals surface area contributed by atoms with Crippen molar-refractivity contribution in [1.29, 1.82) is 0 Å². The summed E-state index contributed by atoms with van der Waals surface area (Å²) in [5.74, 6) is 0.144. The van der Waals surface area contributed by atoms with Crippen LogP contribution in [0.25, 0.3) is 0 Å². The lowest BCUT2D eigenvalue weighted by Crippen LogP contribution is -2.50. The third-order valence-electron chi connectivity index (χ3n) is 4.56. The normalized spacial score (nSPS) is 28.0. The number of rotatable bonds is 4. The van der Waals surface area contributed by atoms with Gasteiger partial charge in [-0.2, -0.15) is 0 Å². The smallest absolute Gasteiger partial charge is 0.0816 e. The van der Waals surface area contributed by atoms with Gasteiger partial charge in [0.2, 0.25) is 0 Å². The lowest BCUT2D eigenvalue weighted by molar-refractivity contribution is -0.0557. The summed E-state index contributed by atoms with van der Waals surface area (Å²) >= 11 is 5.31. The number of hydrogen-bond acceptors (Lipinski definition) is 3. The van der Waals surface area contributed by atoms with Gasteiger partial charge in [0.1, 0.15) is 0 Å². The molecule has 2 aliphatic rings. The van der Waals surface area contributed by atoms with Gasteiger partial charge in [-0.1, -0.05) is 42.5 Å². The Morgan fingerprint density at radius 1 is 1.35 bits per heavy atom. The van der Waals surface area contributed by atoms with Gasteiger partial charge in [-0.15, -0.1) is 0 Å². The first kappa shape index (κ1) is 14.0. The summed E-state index contributed by atoms with van der Waals surface area (Å²) < 4.78 is 5.87. The van der Waals surface area contributed by atoms with Crippen molar-refractivity contribution in [2.75, 3.05) is 19.7 Å². The molecule has 1 saturated carbocycles. The summed E-state index contributed by atoms with van der Waals surface area (Å²) in [5, 5.41) is 0. The molecule has 0 spiro atoms. The Morgan fingerprint density at radius 3 is 2.90 bits per heavy atom. The third-order valence-corrected chi connectivity index (χ3v) is 4.84. The predicted molar refractivity (Wildman–Crippen MR) is 84.9 cm³/mol. The van der Waals surface area contributed by atoms with Crippen molar-refractivity contribution in [3.8, 4) is 0 Å². The van der Waals surface area contributed by atoms with E-state index >= 15 is 0 Å². The van der Waals surface area contributed by atoms with E-state index in [1.54, 1.807) is 0 Å². The summed E-state index contributed by atoms with van der Waals surface area (Å²) in [6.07, 6.45) is 4.13. The van der Waals surface area contributed by atoms with Crippen LogP contribution in [-0.2, 0) is 4.74 Å². The Hall–Kier alpha value is -0.970. The van der Waals surface area contributed by atoms with Gasteiger partial charge in [0.15, 0.2) is 0 Å². The van der Waals surface area contributed by atoms with Gasteiger partial charge in [0.05, 0.1) is 17.7 Å². The second-order valence-electron chi connectivity index (χ2n) is 5.77. The molecule has 0 amide bonds. The molecular formula is C16H22N2OS. The molecule has 3 atom stereocenters. The first-order valence-electron chi connectivity index (χ1n) is 7.45. The first-order chi connectivity index (χ1) is 9.75. The molecule has 3 rings (SSSR count). The van der Waals surface area contributed by atoms with Crippen LogP contribution in [-0.4, -0.2) is 41.7 Å². The van der Waals surface area contributed by atoms with Gasteiger partial charge in [-0.3, -0.25) is 4.90 Å². The van der Waals surface area contributed by atoms with E-state index in [1.165, 1.54) is 24.8 Å². The molecule has 1 aliphatic heterocycles. The average molecular weight is 290 g/mol. The van der Waals surface area contributed by atoms with Crippen molar-refractivity contribution < 1.29 is 4.74 Å². The van der Waals surface area contributed by atoms with E-state index < -0.39 is 0 Å². The fraction of sp³-hybridized carbons (Fsp3) is 0.562. The topological polar surface area (TPSA) is 38.5 Å². The number of hydrogen-bond donors (Lipinski definition) is 1. The highest BCUT2D eigenvalue weighted by Crippen LogP contribution is 2.31. The minimum Gasteiger partial charge on any atom is -0.393 e. The molecule has 108 valence electrons. The van der Waals surface area contributed by atoms with Crippen molar-refractivity contribution in [3.63, 3.8) is 0 Å². The van der Waals surface area contributed by atoms with Crippen molar-refractivity contribution in [3.05, 3.63) is 35.9 Å². The van der Waals surface area contributed by atoms with Crippen LogP contribution < -0.4 is 5.73 Å². The molecule has 1 aliphatic carbocycles. The minimum absolute atomic E-state index is 0.144. The van der Waals surface area contributed by atoms with Crippen LogP contribution >= 0.6 is 12.2 Å². The van der Waals surface area contributed by atoms with Crippen molar-refractivity contribution in [2.45, 2.75) is 37.3 Å². The highest BCUT2D eigenvalue weighted by atomic mass is 32.1. The van der Waals surface area contributed by atoms with E-state index in [9.17, 15) is 0 Å². The first-order valence-corrected chi connectivity index (χ1v) is 7.86. The molecular weight excluding hydrogens is 268 g/mol. The summed E-state index contributed by atoms with van der Waals surface area (Å²) in [6, 6.07) is 10.9. The van der Waals surface area contributed by atoms with Crippen LogP contribution in [0.15, 0.2) is 30.3 Å². The Bertz CT molecular complexity index is 465. The van der Waals surface area contributed by atoms with E-state index in [-0.39, 0.29) is 5.92 Å². The molecule has 2 fully saturated rings. The quantitative estimate of drug-likeness (QED) is 0.864. The molecule has 20 heavy (non-hydrogen) atoms. The lowest BCUT2D eigenvalue weighted by Gasteiger charge is -2.39. The Kier molecular flexibility index (Phi) is 4.34. The molecule has 0 radical (unpaired) electrons. The van der Waals surface area contributed by atoms with Crippen LogP contribution in [0.2, 0.25) is 0 Å². The zero-order valence-electron chi connectivity index (χ0n) is 11.7. The predicted octanol–water partition coefficient (Wildman–Crippen LogP) is 2.31. The second kappa shape index (κ2) is 6.20. The summed E-state index contributed by atoms with van der Waals surface area (Å²) in [4.78, 5) is 3.13. The number of fused-ring (bicyclic) bond motifs is 1. The van der Waals surface area contributed by atoms with Crippen LogP contribution in [0.1, 0.15) is 30.7 Å². The standard InChI is InChI=1S/C16H22N2OS/c17-16(20)13(12-5-2-1-3-6-12)11-18-9-10-19-15-8-4-7-14(15)18/h1-3,5-6,13-15H,4,7-11H2,(H2,17,20). The molecule has 2 N–H and O–H groups in total. The van der Waals surface area contributed by atoms with Gasteiger partial charge < -0.3 is 10.5 Å². The maximum atomic E-state index is 6.00. The summed E-state index contributed by atoms with van der Waals surface area (Å²) in [7, 11) is 0. The molecule has 1 saturated heterocycles. The molecule has 3 nitrogen and oxygen atoms in total. The van der Waals surface area contributed by atoms with Gasteiger partial charge in [0, 0.05) is 25.0 Å². The number of nitrogens with zero attached hydrogens (tertiary/aromatic N) is 1. The number of ether oxygens (including phenoxy) is 1. The molecule has 4 heteroatoms. The minimum atomic E-state index is 0.144. The van der Waals surface area contributed by atoms with Gasteiger partial charge in [0.25, 0.3) is 0 Å². The second-order valence-corrected chi connectivity index (χ2v) is 6.24. The van der Waals surface area contributed by atoms with Crippen molar-refractivity contribution in [2.24, 2.45) is 5.73 Å².